The van der Waals surface area contributed by atoms with Crippen LogP contribution in [0.1, 0.15) is 22.7 Å². The minimum Gasteiger partial charge on any atom is -0.423 e. The van der Waals surface area contributed by atoms with Crippen LogP contribution in [0.2, 0.25) is 0 Å². The third-order valence-corrected chi connectivity index (χ3v) is 4.12. The zero-order valence-electron chi connectivity index (χ0n) is 10.8. The molecule has 1 aromatic carbocycles. The second-order valence-corrected chi connectivity index (χ2v) is 5.88. The molecule has 1 unspecified atom stereocenters. The van der Waals surface area contributed by atoms with Crippen molar-refractivity contribution in [2.75, 3.05) is 11.1 Å². The molecule has 0 aliphatic heterocycles. The largest absolute Gasteiger partial charge is 0.423 e. The summed E-state index contributed by atoms with van der Waals surface area (Å²) in [5, 5.41) is 3.27. The second kappa shape index (κ2) is 4.59. The molecule has 0 saturated carbocycles. The Labute approximate surface area is 115 Å². The van der Waals surface area contributed by atoms with E-state index in [1.807, 2.05) is 12.1 Å². The molecule has 0 fully saturated rings. The molecule has 0 saturated heterocycles. The van der Waals surface area contributed by atoms with Gasteiger partial charge in [0.25, 0.3) is 6.01 Å². The molecule has 0 amide bonds. The Balaban J connectivity index is 1.85. The number of rotatable bonds is 3. The summed E-state index contributed by atoms with van der Waals surface area (Å²) in [4.78, 5) is 6.96. The molecule has 0 bridgehead atoms. The molecule has 5 heteroatoms. The van der Waals surface area contributed by atoms with Crippen molar-refractivity contribution in [1.29, 1.82) is 0 Å². The number of anilines is 2. The fourth-order valence-electron chi connectivity index (χ4n) is 1.95. The monoisotopic (exact) mass is 273 g/mol. The molecule has 0 spiro atoms. The van der Waals surface area contributed by atoms with E-state index in [0.29, 0.717) is 17.3 Å². The number of nitrogens with one attached hydrogen (secondary N) is 1. The van der Waals surface area contributed by atoms with Crippen LogP contribution in [0.5, 0.6) is 0 Å². The Bertz CT molecular complexity index is 716. The lowest BCUT2D eigenvalue weighted by atomic mass is 10.3. The quantitative estimate of drug-likeness (QED) is 0.709. The number of oxazole rings is 1. The van der Waals surface area contributed by atoms with Crippen molar-refractivity contribution in [3.05, 3.63) is 40.1 Å². The van der Waals surface area contributed by atoms with Gasteiger partial charge in [-0.05, 0) is 38.1 Å². The van der Waals surface area contributed by atoms with E-state index in [-0.39, 0.29) is 6.04 Å². The normalized spacial score (nSPS) is 12.7. The first-order chi connectivity index (χ1) is 9.11. The highest BCUT2D eigenvalue weighted by atomic mass is 32.1. The predicted molar refractivity (Wildman–Crippen MR) is 79.5 cm³/mol. The molecule has 0 radical (unpaired) electrons. The molecule has 1 atom stereocenters. The summed E-state index contributed by atoms with van der Waals surface area (Å²) in [5.41, 5.74) is 7.92. The van der Waals surface area contributed by atoms with E-state index >= 15 is 0 Å². The Morgan fingerprint density at radius 1 is 1.32 bits per heavy atom. The van der Waals surface area contributed by atoms with Gasteiger partial charge in [0.15, 0.2) is 5.58 Å². The number of fused-ring (bicyclic) bond motifs is 1. The Kier molecular flexibility index (Phi) is 2.91. The number of benzene rings is 1. The van der Waals surface area contributed by atoms with Gasteiger partial charge in [-0.3, -0.25) is 0 Å². The number of nitrogens with two attached hydrogens (primary N) is 1. The molecule has 3 aromatic rings. The van der Waals surface area contributed by atoms with Crippen LogP contribution in [-0.4, -0.2) is 4.98 Å². The first-order valence-corrected chi connectivity index (χ1v) is 6.92. The Morgan fingerprint density at radius 3 is 2.89 bits per heavy atom. The lowest BCUT2D eigenvalue weighted by molar-refractivity contribution is 0.605. The standard InChI is InChI=1S/C14H15N3OS/c1-8-3-6-13(19-8)9(2)16-14-17-11-5-4-10(15)7-12(11)18-14/h3-7,9H,15H2,1-2H3,(H,16,17). The lowest BCUT2D eigenvalue weighted by Gasteiger charge is -2.09. The molecule has 3 N–H and O–H groups in total. The molecule has 4 nitrogen and oxygen atoms in total. The fraction of sp³-hybridized carbons (Fsp3) is 0.214. The van der Waals surface area contributed by atoms with Gasteiger partial charge in [-0.15, -0.1) is 11.3 Å². The van der Waals surface area contributed by atoms with E-state index in [4.69, 9.17) is 10.2 Å². The van der Waals surface area contributed by atoms with Crippen LogP contribution >= 0.6 is 11.3 Å². The van der Waals surface area contributed by atoms with Crippen LogP contribution in [0.25, 0.3) is 11.1 Å². The number of nitrogens with zero attached hydrogens (tertiary/aromatic N) is 1. The van der Waals surface area contributed by atoms with Crippen molar-refractivity contribution in [3.63, 3.8) is 0 Å². The zero-order valence-corrected chi connectivity index (χ0v) is 11.6. The summed E-state index contributed by atoms with van der Waals surface area (Å²) < 4.78 is 5.65. The number of thiophene rings is 1. The van der Waals surface area contributed by atoms with Gasteiger partial charge in [0.1, 0.15) is 5.52 Å². The second-order valence-electron chi connectivity index (χ2n) is 4.56. The van der Waals surface area contributed by atoms with Crippen LogP contribution in [0.3, 0.4) is 0 Å². The summed E-state index contributed by atoms with van der Waals surface area (Å²) >= 11 is 1.77. The van der Waals surface area contributed by atoms with Crippen molar-refractivity contribution in [2.24, 2.45) is 0 Å². The highest BCUT2D eigenvalue weighted by Gasteiger charge is 2.12. The molecule has 98 valence electrons. The maximum Gasteiger partial charge on any atom is 0.296 e. The van der Waals surface area contributed by atoms with E-state index in [1.165, 1.54) is 9.75 Å². The SMILES string of the molecule is Cc1ccc(C(C)Nc2nc3ccc(N)cc3o2)s1. The van der Waals surface area contributed by atoms with Crippen molar-refractivity contribution < 1.29 is 4.42 Å². The van der Waals surface area contributed by atoms with E-state index in [0.717, 1.165) is 5.52 Å². The topological polar surface area (TPSA) is 64.1 Å². The summed E-state index contributed by atoms with van der Waals surface area (Å²) in [7, 11) is 0. The van der Waals surface area contributed by atoms with Crippen molar-refractivity contribution in [3.8, 4) is 0 Å². The number of aromatic nitrogens is 1. The van der Waals surface area contributed by atoms with Gasteiger partial charge in [0, 0.05) is 21.5 Å². The summed E-state index contributed by atoms with van der Waals surface area (Å²) in [5.74, 6) is 0. The van der Waals surface area contributed by atoms with Gasteiger partial charge in [0.2, 0.25) is 0 Å². The van der Waals surface area contributed by atoms with Gasteiger partial charge in [-0.2, -0.15) is 4.98 Å². The number of nitrogen functional groups attached to an aromatic ring is 1. The molecule has 2 heterocycles. The zero-order chi connectivity index (χ0) is 13.4. The maximum absolute atomic E-state index is 5.72. The van der Waals surface area contributed by atoms with E-state index in [1.54, 1.807) is 17.4 Å². The first kappa shape index (κ1) is 12.0. The Morgan fingerprint density at radius 2 is 2.16 bits per heavy atom. The third-order valence-electron chi connectivity index (χ3n) is 2.94. The molecule has 3 rings (SSSR count). The highest BCUT2D eigenvalue weighted by molar-refractivity contribution is 7.12. The highest BCUT2D eigenvalue weighted by Crippen LogP contribution is 2.27. The van der Waals surface area contributed by atoms with Crippen LogP contribution < -0.4 is 11.1 Å². The average molecular weight is 273 g/mol. The Hall–Kier alpha value is -2.01. The minimum absolute atomic E-state index is 0.170. The minimum atomic E-state index is 0.170. The summed E-state index contributed by atoms with van der Waals surface area (Å²) in [6.45, 7) is 4.19. The van der Waals surface area contributed by atoms with Gasteiger partial charge in [0.05, 0.1) is 6.04 Å². The van der Waals surface area contributed by atoms with E-state index in [9.17, 15) is 0 Å². The van der Waals surface area contributed by atoms with E-state index in [2.05, 4.69) is 36.3 Å². The smallest absolute Gasteiger partial charge is 0.296 e. The third kappa shape index (κ3) is 2.42. The predicted octanol–water partition coefficient (Wildman–Crippen LogP) is 3.95. The molecular formula is C14H15N3OS. The van der Waals surface area contributed by atoms with Crippen LogP contribution in [-0.2, 0) is 0 Å². The lowest BCUT2D eigenvalue weighted by Crippen LogP contribution is -2.04. The number of aryl methyl sites for hydroxylation is 1. The molecule has 0 aliphatic rings. The van der Waals surface area contributed by atoms with Gasteiger partial charge < -0.3 is 15.5 Å². The summed E-state index contributed by atoms with van der Waals surface area (Å²) in [6.07, 6.45) is 0. The van der Waals surface area contributed by atoms with Crippen LogP contribution in [0, 0.1) is 6.92 Å². The van der Waals surface area contributed by atoms with Crippen LogP contribution in [0.15, 0.2) is 34.7 Å². The average Bonchev–Trinajstić information content (AvgIpc) is 2.94. The van der Waals surface area contributed by atoms with Crippen LogP contribution in [0.4, 0.5) is 11.7 Å². The van der Waals surface area contributed by atoms with Crippen molar-refractivity contribution in [2.45, 2.75) is 19.9 Å². The molecular weight excluding hydrogens is 258 g/mol. The van der Waals surface area contributed by atoms with E-state index < -0.39 is 0 Å². The van der Waals surface area contributed by atoms with Gasteiger partial charge in [-0.1, -0.05) is 0 Å². The van der Waals surface area contributed by atoms with Crippen molar-refractivity contribution in [1.82, 2.24) is 4.98 Å². The van der Waals surface area contributed by atoms with Crippen molar-refractivity contribution >= 4 is 34.1 Å². The van der Waals surface area contributed by atoms with Gasteiger partial charge in [-0.25, -0.2) is 0 Å². The van der Waals surface area contributed by atoms with Gasteiger partial charge >= 0.3 is 0 Å². The molecule has 2 aromatic heterocycles. The fourth-order valence-corrected chi connectivity index (χ4v) is 2.83. The number of hydrogen-bond acceptors (Lipinski definition) is 5. The number of hydrogen-bond donors (Lipinski definition) is 2. The molecule has 19 heavy (non-hydrogen) atoms. The maximum atomic E-state index is 5.72. The first-order valence-electron chi connectivity index (χ1n) is 6.11. The summed E-state index contributed by atoms with van der Waals surface area (Å²) in [6, 6.07) is 10.4. The molecule has 0 aliphatic carbocycles.